The molecule has 38 heavy (non-hydrogen) atoms. The molecule has 4 rings (SSSR count). The topological polar surface area (TPSA) is 47.4 Å². The molecule has 0 bridgehead atoms. The molecule has 0 unspecified atom stereocenters. The molecule has 202 valence electrons. The van der Waals surface area contributed by atoms with Gasteiger partial charge in [0.2, 0.25) is 5.91 Å². The van der Waals surface area contributed by atoms with Gasteiger partial charge < -0.3 is 14.2 Å². The number of imidazole rings is 1. The fraction of sp³-hybridized carbons (Fsp3) is 0.379. The van der Waals surface area contributed by atoms with E-state index in [9.17, 15) is 22.4 Å². The van der Waals surface area contributed by atoms with Crippen LogP contribution in [0.25, 0.3) is 6.08 Å². The van der Waals surface area contributed by atoms with E-state index in [4.69, 9.17) is 4.74 Å². The molecule has 2 aromatic carbocycles. The zero-order valence-corrected chi connectivity index (χ0v) is 21.0. The molecule has 1 aliphatic rings. The van der Waals surface area contributed by atoms with Gasteiger partial charge in [-0.25, -0.2) is 9.37 Å². The maximum Gasteiger partial charge on any atom is 0.416 e. The summed E-state index contributed by atoms with van der Waals surface area (Å²) in [5.74, 6) is 0.0617. The fourth-order valence-corrected chi connectivity index (χ4v) is 4.59. The second-order valence-corrected chi connectivity index (χ2v) is 9.39. The van der Waals surface area contributed by atoms with Crippen molar-refractivity contribution in [3.05, 3.63) is 95.3 Å². The second kappa shape index (κ2) is 12.9. The first-order valence-electron chi connectivity index (χ1n) is 12.8. The van der Waals surface area contributed by atoms with E-state index in [0.29, 0.717) is 38.4 Å². The predicted molar refractivity (Wildman–Crippen MR) is 137 cm³/mol. The van der Waals surface area contributed by atoms with Crippen LogP contribution in [-0.4, -0.2) is 40.1 Å². The smallest absolute Gasteiger partial charge is 0.377 e. The molecular weight excluding hydrogens is 498 g/mol. The van der Waals surface area contributed by atoms with Crippen molar-refractivity contribution in [3.63, 3.8) is 0 Å². The minimum Gasteiger partial charge on any atom is -0.377 e. The maximum absolute atomic E-state index is 14.0. The van der Waals surface area contributed by atoms with Crippen molar-refractivity contribution >= 4 is 12.0 Å². The van der Waals surface area contributed by atoms with Crippen LogP contribution < -0.4 is 0 Å². The quantitative estimate of drug-likeness (QED) is 0.172. The summed E-state index contributed by atoms with van der Waals surface area (Å²) in [4.78, 5) is 18.8. The Morgan fingerprint density at radius 2 is 1.84 bits per heavy atom. The zero-order valence-electron chi connectivity index (χ0n) is 21.0. The lowest BCUT2D eigenvalue weighted by Crippen LogP contribution is -2.37. The van der Waals surface area contributed by atoms with Gasteiger partial charge in [0.05, 0.1) is 12.2 Å². The van der Waals surface area contributed by atoms with Crippen LogP contribution in [0.15, 0.2) is 67.0 Å². The first kappa shape index (κ1) is 27.6. The summed E-state index contributed by atoms with van der Waals surface area (Å²) in [5.41, 5.74) is -0.0647. The summed E-state index contributed by atoms with van der Waals surface area (Å²) >= 11 is 0. The van der Waals surface area contributed by atoms with Crippen molar-refractivity contribution in [1.29, 1.82) is 0 Å². The molecule has 1 fully saturated rings. The monoisotopic (exact) mass is 529 g/mol. The van der Waals surface area contributed by atoms with Crippen molar-refractivity contribution in [2.24, 2.45) is 0 Å². The number of nitrogens with zero attached hydrogens (tertiary/aromatic N) is 3. The molecule has 9 heteroatoms. The van der Waals surface area contributed by atoms with Crippen LogP contribution in [0.3, 0.4) is 0 Å². The molecule has 0 radical (unpaired) electrons. The summed E-state index contributed by atoms with van der Waals surface area (Å²) in [6.45, 7) is 3.14. The van der Waals surface area contributed by atoms with Gasteiger partial charge in [0.15, 0.2) is 0 Å². The number of rotatable bonds is 10. The number of hydrogen-bond donors (Lipinski definition) is 0. The highest BCUT2D eigenvalue weighted by Crippen LogP contribution is 2.31. The molecule has 1 amide bonds. The number of likely N-dealkylation sites (tertiary alicyclic amines) is 1. The Hall–Kier alpha value is -3.46. The fourth-order valence-electron chi connectivity index (χ4n) is 4.59. The Morgan fingerprint density at radius 1 is 1.08 bits per heavy atom. The summed E-state index contributed by atoms with van der Waals surface area (Å²) in [6, 6.07) is 12.2. The SMILES string of the molecule is O=C(C=Cc1cc(C(F)(F)F)ccc1F)N1CCC(c2nccn2CCCCOCc2ccccc2)CC1. The predicted octanol–water partition coefficient (Wildman–Crippen LogP) is 6.46. The molecule has 1 saturated heterocycles. The molecule has 1 aromatic heterocycles. The lowest BCUT2D eigenvalue weighted by molar-refractivity contribution is -0.137. The summed E-state index contributed by atoms with van der Waals surface area (Å²) < 4.78 is 60.6. The number of halogens is 4. The molecule has 3 aromatic rings. The number of unbranched alkanes of at least 4 members (excludes halogenated alkanes) is 1. The van der Waals surface area contributed by atoms with Crippen molar-refractivity contribution in [2.75, 3.05) is 19.7 Å². The Morgan fingerprint density at radius 3 is 2.58 bits per heavy atom. The first-order chi connectivity index (χ1) is 18.3. The van der Waals surface area contributed by atoms with Crippen LogP contribution in [0.4, 0.5) is 17.6 Å². The third-order valence-electron chi connectivity index (χ3n) is 6.70. The van der Waals surface area contributed by atoms with Crippen molar-refractivity contribution in [1.82, 2.24) is 14.5 Å². The van der Waals surface area contributed by atoms with Crippen LogP contribution in [-0.2, 0) is 28.9 Å². The summed E-state index contributed by atoms with van der Waals surface area (Å²) in [7, 11) is 0. The van der Waals surface area contributed by atoms with E-state index in [2.05, 4.69) is 9.55 Å². The van der Waals surface area contributed by atoms with Gasteiger partial charge in [0.25, 0.3) is 0 Å². The third kappa shape index (κ3) is 7.54. The molecule has 1 aliphatic heterocycles. The highest BCUT2D eigenvalue weighted by atomic mass is 19.4. The van der Waals surface area contributed by atoms with Gasteiger partial charge >= 0.3 is 6.18 Å². The Labute approximate surface area is 219 Å². The van der Waals surface area contributed by atoms with E-state index in [1.165, 1.54) is 0 Å². The summed E-state index contributed by atoms with van der Waals surface area (Å²) in [5, 5.41) is 0. The molecule has 0 spiro atoms. The number of carbonyl (C=O) groups is 1. The van der Waals surface area contributed by atoms with Crippen molar-refractivity contribution in [2.45, 2.75) is 50.9 Å². The Kier molecular flexibility index (Phi) is 9.33. The maximum atomic E-state index is 14.0. The normalized spacial score (nSPS) is 14.9. The zero-order chi connectivity index (χ0) is 27.0. The standard InChI is InChI=1S/C29H31F4N3O2/c30-26-10-9-25(29(31,32)33)20-24(26)8-11-27(37)35-16-12-23(13-17-35)28-34-14-18-36(28)15-4-5-19-38-21-22-6-2-1-3-7-22/h1-3,6-11,14,18,20,23H,4-5,12-13,15-17,19,21H2. The number of benzene rings is 2. The van der Waals surface area contributed by atoms with E-state index >= 15 is 0 Å². The van der Waals surface area contributed by atoms with E-state index in [1.54, 1.807) is 11.1 Å². The minimum atomic E-state index is -4.58. The molecule has 5 nitrogen and oxygen atoms in total. The van der Waals surface area contributed by atoms with E-state index in [-0.39, 0.29) is 17.4 Å². The number of alkyl halides is 3. The highest BCUT2D eigenvalue weighted by molar-refractivity contribution is 5.91. The van der Waals surface area contributed by atoms with Crippen LogP contribution in [0.5, 0.6) is 0 Å². The van der Waals surface area contributed by atoms with Gasteiger partial charge in [-0.1, -0.05) is 30.3 Å². The summed E-state index contributed by atoms with van der Waals surface area (Å²) in [6.07, 6.45) is 4.81. The number of hydrogen-bond acceptors (Lipinski definition) is 3. The van der Waals surface area contributed by atoms with Crippen LogP contribution in [0.2, 0.25) is 0 Å². The van der Waals surface area contributed by atoms with E-state index in [0.717, 1.165) is 61.8 Å². The van der Waals surface area contributed by atoms with E-state index in [1.807, 2.05) is 36.5 Å². The van der Waals surface area contributed by atoms with Gasteiger partial charge in [-0.05, 0) is 55.5 Å². The number of aromatic nitrogens is 2. The van der Waals surface area contributed by atoms with Crippen LogP contribution in [0, 0.1) is 5.82 Å². The molecule has 0 atom stereocenters. The van der Waals surface area contributed by atoms with Crippen LogP contribution in [0.1, 0.15) is 54.1 Å². The number of aryl methyl sites for hydroxylation is 1. The largest absolute Gasteiger partial charge is 0.416 e. The molecular formula is C29H31F4N3O2. The van der Waals surface area contributed by atoms with Gasteiger partial charge in [-0.15, -0.1) is 0 Å². The average Bonchev–Trinajstić information content (AvgIpc) is 3.38. The minimum absolute atomic E-state index is 0.216. The van der Waals surface area contributed by atoms with E-state index < -0.39 is 17.6 Å². The Balaban J connectivity index is 1.22. The average molecular weight is 530 g/mol. The first-order valence-corrected chi connectivity index (χ1v) is 12.8. The highest BCUT2D eigenvalue weighted by Gasteiger charge is 2.31. The lowest BCUT2D eigenvalue weighted by Gasteiger charge is -2.31. The van der Waals surface area contributed by atoms with Gasteiger partial charge in [-0.3, -0.25) is 4.79 Å². The number of piperidine rings is 1. The van der Waals surface area contributed by atoms with Gasteiger partial charge in [0, 0.05) is 56.2 Å². The lowest BCUT2D eigenvalue weighted by atomic mass is 9.95. The van der Waals surface area contributed by atoms with Gasteiger partial charge in [0.1, 0.15) is 11.6 Å². The molecule has 2 heterocycles. The molecule has 0 aliphatic carbocycles. The number of ether oxygens (including phenoxy) is 1. The number of amides is 1. The van der Waals surface area contributed by atoms with Crippen molar-refractivity contribution < 1.29 is 27.1 Å². The second-order valence-electron chi connectivity index (χ2n) is 9.39. The number of carbonyl (C=O) groups excluding carboxylic acids is 1. The molecule has 0 N–H and O–H groups in total. The van der Waals surface area contributed by atoms with Crippen LogP contribution >= 0.6 is 0 Å². The van der Waals surface area contributed by atoms with Gasteiger partial charge in [-0.2, -0.15) is 13.2 Å². The molecule has 0 saturated carbocycles. The third-order valence-corrected chi connectivity index (χ3v) is 6.70. The Bertz CT molecular complexity index is 1220. The van der Waals surface area contributed by atoms with Crippen molar-refractivity contribution in [3.8, 4) is 0 Å².